The molecule has 0 spiro atoms. The number of carbonyl (C=O) groups is 1. The van der Waals surface area contributed by atoms with Crippen LogP contribution in [0, 0.1) is 20.8 Å². The summed E-state index contributed by atoms with van der Waals surface area (Å²) in [6, 6.07) is 15.0. The zero-order valence-corrected chi connectivity index (χ0v) is 15.8. The van der Waals surface area contributed by atoms with Crippen LogP contribution in [0.2, 0.25) is 5.02 Å². The monoisotopic (exact) mass is 368 g/mol. The molecule has 1 heterocycles. The molecule has 3 aromatic rings. The smallest absolute Gasteiger partial charge is 0.308 e. The average molecular weight is 369 g/mol. The largest absolute Gasteiger partial charge is 0.323 e. The molecule has 0 saturated heterocycles. The Hall–Kier alpha value is -2.79. The van der Waals surface area contributed by atoms with E-state index in [0.717, 1.165) is 28.2 Å². The second-order valence-electron chi connectivity index (χ2n) is 6.24. The Morgan fingerprint density at radius 1 is 1.08 bits per heavy atom. The van der Waals surface area contributed by atoms with Crippen molar-refractivity contribution in [2.75, 3.05) is 10.6 Å². The van der Waals surface area contributed by atoms with Crippen molar-refractivity contribution in [3.05, 3.63) is 76.1 Å². The lowest BCUT2D eigenvalue weighted by Gasteiger charge is -2.10. The molecule has 0 aliphatic carbocycles. The number of carbonyl (C=O) groups excluding carboxylic acids is 1. The van der Waals surface area contributed by atoms with Crippen LogP contribution in [0.25, 0.3) is 0 Å². The van der Waals surface area contributed by atoms with Crippen LogP contribution in [0.1, 0.15) is 22.5 Å². The Balaban J connectivity index is 1.75. The van der Waals surface area contributed by atoms with Gasteiger partial charge in [-0.1, -0.05) is 41.9 Å². The number of halogens is 1. The van der Waals surface area contributed by atoms with Gasteiger partial charge in [-0.05, 0) is 50.1 Å². The number of hydrogen-bond donors (Lipinski definition) is 2. The first-order chi connectivity index (χ1) is 12.4. The second kappa shape index (κ2) is 7.62. The summed E-state index contributed by atoms with van der Waals surface area (Å²) in [4.78, 5) is 12.3. The van der Waals surface area contributed by atoms with E-state index in [-0.39, 0.29) is 6.03 Å². The molecule has 5 nitrogen and oxygen atoms in total. The van der Waals surface area contributed by atoms with Gasteiger partial charge in [0.05, 0.1) is 23.6 Å². The summed E-state index contributed by atoms with van der Waals surface area (Å²) in [7, 11) is 0. The molecule has 0 aliphatic rings. The number of rotatable bonds is 4. The summed E-state index contributed by atoms with van der Waals surface area (Å²) in [6.45, 7) is 6.33. The van der Waals surface area contributed by atoms with Crippen molar-refractivity contribution in [3.8, 4) is 0 Å². The summed E-state index contributed by atoms with van der Waals surface area (Å²) in [5, 5.41) is 11.0. The van der Waals surface area contributed by atoms with E-state index in [1.54, 1.807) is 0 Å². The van der Waals surface area contributed by atoms with Crippen LogP contribution in [0.15, 0.2) is 48.5 Å². The van der Waals surface area contributed by atoms with Crippen LogP contribution in [-0.2, 0) is 6.54 Å². The summed E-state index contributed by atoms with van der Waals surface area (Å²) in [6.07, 6.45) is 0. The molecule has 3 rings (SSSR count). The molecule has 0 bridgehead atoms. The van der Waals surface area contributed by atoms with E-state index >= 15 is 0 Å². The third-order valence-corrected chi connectivity index (χ3v) is 4.54. The van der Waals surface area contributed by atoms with Crippen molar-refractivity contribution in [2.24, 2.45) is 0 Å². The highest BCUT2D eigenvalue weighted by molar-refractivity contribution is 6.31. The van der Waals surface area contributed by atoms with Gasteiger partial charge in [0.2, 0.25) is 0 Å². The minimum atomic E-state index is -0.293. The Morgan fingerprint density at radius 2 is 1.85 bits per heavy atom. The van der Waals surface area contributed by atoms with E-state index in [2.05, 4.69) is 15.7 Å². The fourth-order valence-electron chi connectivity index (χ4n) is 2.82. The molecule has 6 heteroatoms. The van der Waals surface area contributed by atoms with Crippen LogP contribution in [0.3, 0.4) is 0 Å². The minimum absolute atomic E-state index is 0.293. The van der Waals surface area contributed by atoms with E-state index in [9.17, 15) is 4.79 Å². The molecule has 0 fully saturated rings. The van der Waals surface area contributed by atoms with Gasteiger partial charge in [0.1, 0.15) is 0 Å². The number of hydrogen-bond acceptors (Lipinski definition) is 2. The minimum Gasteiger partial charge on any atom is -0.308 e. The van der Waals surface area contributed by atoms with Gasteiger partial charge in [-0.15, -0.1) is 0 Å². The highest BCUT2D eigenvalue weighted by atomic mass is 35.5. The molecule has 2 N–H and O–H groups in total. The lowest BCUT2D eigenvalue weighted by molar-refractivity contribution is 0.262. The van der Waals surface area contributed by atoms with Gasteiger partial charge in [0.25, 0.3) is 0 Å². The lowest BCUT2D eigenvalue weighted by Crippen LogP contribution is -2.20. The third kappa shape index (κ3) is 4.06. The number of aryl methyl sites for hydroxylation is 2. The summed E-state index contributed by atoms with van der Waals surface area (Å²) in [5.74, 6) is 0. The highest BCUT2D eigenvalue weighted by Crippen LogP contribution is 2.23. The standard InChI is InChI=1S/C20H21ClN4O/c1-13-7-6-9-17(11-13)22-20(26)23-19-14(2)24-25(15(19)3)12-16-8-4-5-10-18(16)21/h4-11H,12H2,1-3H3,(H2,22,23,26). The third-order valence-electron chi connectivity index (χ3n) is 4.17. The number of urea groups is 1. The van der Waals surface area contributed by atoms with Gasteiger partial charge in [0, 0.05) is 10.7 Å². The maximum absolute atomic E-state index is 12.3. The quantitative estimate of drug-likeness (QED) is 0.668. The lowest BCUT2D eigenvalue weighted by atomic mass is 10.2. The number of nitrogens with one attached hydrogen (secondary N) is 2. The van der Waals surface area contributed by atoms with Crippen molar-refractivity contribution in [2.45, 2.75) is 27.3 Å². The number of anilines is 2. The molecule has 0 aliphatic heterocycles. The van der Waals surface area contributed by atoms with Gasteiger partial charge < -0.3 is 10.6 Å². The normalized spacial score (nSPS) is 10.6. The fraction of sp³-hybridized carbons (Fsp3) is 0.200. The maximum atomic E-state index is 12.3. The Bertz CT molecular complexity index is 949. The molecular weight excluding hydrogens is 348 g/mol. The van der Waals surface area contributed by atoms with Crippen LogP contribution >= 0.6 is 11.6 Å². The first-order valence-electron chi connectivity index (χ1n) is 8.36. The summed E-state index contributed by atoms with van der Waals surface area (Å²) in [5.41, 5.74) is 5.16. The van der Waals surface area contributed by atoms with Gasteiger partial charge in [-0.25, -0.2) is 4.79 Å². The zero-order valence-electron chi connectivity index (χ0n) is 15.0. The molecule has 2 aromatic carbocycles. The van der Waals surface area contributed by atoms with Gasteiger partial charge in [0.15, 0.2) is 0 Å². The van der Waals surface area contributed by atoms with E-state index in [1.165, 1.54) is 0 Å². The van der Waals surface area contributed by atoms with Crippen molar-refractivity contribution in [1.29, 1.82) is 0 Å². The van der Waals surface area contributed by atoms with E-state index in [0.29, 0.717) is 17.3 Å². The second-order valence-corrected chi connectivity index (χ2v) is 6.65. The van der Waals surface area contributed by atoms with Crippen molar-refractivity contribution < 1.29 is 4.79 Å². The molecule has 0 atom stereocenters. The fourth-order valence-corrected chi connectivity index (χ4v) is 3.01. The number of aromatic nitrogens is 2. The molecular formula is C20H21ClN4O. The average Bonchev–Trinajstić information content (AvgIpc) is 2.84. The Morgan fingerprint density at radius 3 is 2.58 bits per heavy atom. The van der Waals surface area contributed by atoms with Crippen molar-refractivity contribution in [3.63, 3.8) is 0 Å². The Labute approximate surface area is 158 Å². The van der Waals surface area contributed by atoms with Crippen LogP contribution in [0.5, 0.6) is 0 Å². The van der Waals surface area contributed by atoms with Gasteiger partial charge >= 0.3 is 6.03 Å². The molecule has 134 valence electrons. The van der Waals surface area contributed by atoms with E-state index < -0.39 is 0 Å². The van der Waals surface area contributed by atoms with Crippen molar-refractivity contribution in [1.82, 2.24) is 9.78 Å². The topological polar surface area (TPSA) is 59.0 Å². The summed E-state index contributed by atoms with van der Waals surface area (Å²) >= 11 is 6.24. The van der Waals surface area contributed by atoms with Gasteiger partial charge in [-0.3, -0.25) is 4.68 Å². The molecule has 0 unspecified atom stereocenters. The number of benzene rings is 2. The predicted molar refractivity (Wildman–Crippen MR) is 106 cm³/mol. The van der Waals surface area contributed by atoms with E-state index in [4.69, 9.17) is 11.6 Å². The SMILES string of the molecule is Cc1cccc(NC(=O)Nc2c(C)nn(Cc3ccccc3Cl)c2C)c1. The van der Waals surface area contributed by atoms with Crippen LogP contribution in [-0.4, -0.2) is 15.8 Å². The van der Waals surface area contributed by atoms with Crippen molar-refractivity contribution >= 4 is 29.0 Å². The first kappa shape index (κ1) is 18.0. The van der Waals surface area contributed by atoms with Crippen LogP contribution in [0.4, 0.5) is 16.2 Å². The van der Waals surface area contributed by atoms with E-state index in [1.807, 2.05) is 74.0 Å². The highest BCUT2D eigenvalue weighted by Gasteiger charge is 2.15. The number of amides is 2. The number of nitrogens with zero attached hydrogens (tertiary/aromatic N) is 2. The molecule has 1 aromatic heterocycles. The van der Waals surface area contributed by atoms with Gasteiger partial charge in [-0.2, -0.15) is 5.10 Å². The Kier molecular flexibility index (Phi) is 5.28. The maximum Gasteiger partial charge on any atom is 0.323 e. The predicted octanol–water partition coefficient (Wildman–Crippen LogP) is 5.15. The molecule has 0 radical (unpaired) electrons. The summed E-state index contributed by atoms with van der Waals surface area (Å²) < 4.78 is 1.85. The van der Waals surface area contributed by atoms with Crippen LogP contribution < -0.4 is 10.6 Å². The first-order valence-corrected chi connectivity index (χ1v) is 8.74. The molecule has 2 amide bonds. The zero-order chi connectivity index (χ0) is 18.7. The molecule has 0 saturated carbocycles. The molecule has 26 heavy (non-hydrogen) atoms.